The van der Waals surface area contributed by atoms with E-state index in [-0.39, 0.29) is 5.91 Å². The molecule has 0 spiro atoms. The highest BCUT2D eigenvalue weighted by Gasteiger charge is 2.10. The number of H-pyrrole nitrogens is 1. The Kier molecular flexibility index (Phi) is 6.95. The van der Waals surface area contributed by atoms with Crippen LogP contribution in [0.25, 0.3) is 11.3 Å². The quantitative estimate of drug-likeness (QED) is 0.330. The molecule has 28 heavy (non-hydrogen) atoms. The predicted molar refractivity (Wildman–Crippen MR) is 111 cm³/mol. The molecule has 0 aliphatic heterocycles. The average Bonchev–Trinajstić information content (AvgIpc) is 3.23. The van der Waals surface area contributed by atoms with Gasteiger partial charge in [0.15, 0.2) is 0 Å². The minimum atomic E-state index is -0.354. The van der Waals surface area contributed by atoms with E-state index in [2.05, 4.69) is 27.6 Å². The van der Waals surface area contributed by atoms with Gasteiger partial charge in [-0.15, -0.1) is 0 Å². The Balaban J connectivity index is 1.59. The normalized spacial score (nSPS) is 10.9. The molecule has 0 bridgehead atoms. The summed E-state index contributed by atoms with van der Waals surface area (Å²) in [5.41, 5.74) is 5.33. The van der Waals surface area contributed by atoms with Crippen molar-refractivity contribution in [3.8, 4) is 17.0 Å². The highest BCUT2D eigenvalue weighted by molar-refractivity contribution is 5.94. The molecule has 0 aliphatic carbocycles. The van der Waals surface area contributed by atoms with E-state index in [4.69, 9.17) is 4.74 Å². The molecule has 1 aromatic heterocycles. The molecule has 0 saturated heterocycles. The van der Waals surface area contributed by atoms with Crippen LogP contribution in [0.5, 0.6) is 5.75 Å². The Morgan fingerprint density at radius 1 is 1.14 bits per heavy atom. The summed E-state index contributed by atoms with van der Waals surface area (Å²) in [6.45, 7) is 2.83. The maximum atomic E-state index is 12.3. The van der Waals surface area contributed by atoms with E-state index >= 15 is 0 Å². The SMILES string of the molecule is CCCCCOc1ccccc1C=NNC(=O)c1cc(-c2ccccc2)n[nH]1. The Hall–Kier alpha value is -3.41. The summed E-state index contributed by atoms with van der Waals surface area (Å²) in [5, 5.41) is 11.0. The van der Waals surface area contributed by atoms with Crippen LogP contribution < -0.4 is 10.2 Å². The van der Waals surface area contributed by atoms with Crippen LogP contribution in [0.3, 0.4) is 0 Å². The number of aromatic amines is 1. The lowest BCUT2D eigenvalue weighted by atomic mass is 10.1. The van der Waals surface area contributed by atoms with E-state index in [1.165, 1.54) is 0 Å². The van der Waals surface area contributed by atoms with Crippen molar-refractivity contribution in [2.45, 2.75) is 26.2 Å². The topological polar surface area (TPSA) is 79.4 Å². The molecule has 0 radical (unpaired) electrons. The molecule has 0 aliphatic rings. The molecule has 2 aromatic carbocycles. The molecule has 6 heteroatoms. The number of para-hydroxylation sites is 1. The minimum Gasteiger partial charge on any atom is -0.493 e. The minimum absolute atomic E-state index is 0.347. The van der Waals surface area contributed by atoms with Gasteiger partial charge >= 0.3 is 0 Å². The van der Waals surface area contributed by atoms with E-state index in [0.29, 0.717) is 18.0 Å². The van der Waals surface area contributed by atoms with Crippen molar-refractivity contribution in [1.29, 1.82) is 0 Å². The Labute approximate surface area is 164 Å². The van der Waals surface area contributed by atoms with Crippen molar-refractivity contribution in [2.75, 3.05) is 6.61 Å². The van der Waals surface area contributed by atoms with Crippen molar-refractivity contribution >= 4 is 12.1 Å². The van der Waals surface area contributed by atoms with Gasteiger partial charge in [-0.3, -0.25) is 9.89 Å². The fourth-order valence-corrected chi connectivity index (χ4v) is 2.67. The van der Waals surface area contributed by atoms with Crippen LogP contribution in [0.1, 0.15) is 42.2 Å². The monoisotopic (exact) mass is 376 g/mol. The fourth-order valence-electron chi connectivity index (χ4n) is 2.67. The Morgan fingerprint density at radius 3 is 2.75 bits per heavy atom. The van der Waals surface area contributed by atoms with E-state index in [1.807, 2.05) is 54.6 Å². The number of carbonyl (C=O) groups excluding carboxylic acids is 1. The number of nitrogens with one attached hydrogen (secondary N) is 2. The molecule has 0 unspecified atom stereocenters. The molecule has 0 fully saturated rings. The largest absolute Gasteiger partial charge is 0.493 e. The third-order valence-electron chi connectivity index (χ3n) is 4.19. The highest BCUT2D eigenvalue weighted by Crippen LogP contribution is 2.17. The smallest absolute Gasteiger partial charge is 0.289 e. The van der Waals surface area contributed by atoms with Crippen molar-refractivity contribution in [3.63, 3.8) is 0 Å². The van der Waals surface area contributed by atoms with Crippen LogP contribution in [0.15, 0.2) is 65.8 Å². The van der Waals surface area contributed by atoms with Crippen LogP contribution in [0.4, 0.5) is 0 Å². The number of carbonyl (C=O) groups is 1. The molecule has 1 amide bonds. The van der Waals surface area contributed by atoms with E-state index in [1.54, 1.807) is 12.3 Å². The molecule has 1 heterocycles. The summed E-state index contributed by atoms with van der Waals surface area (Å²) >= 11 is 0. The van der Waals surface area contributed by atoms with Crippen LogP contribution in [-0.2, 0) is 0 Å². The zero-order valence-corrected chi connectivity index (χ0v) is 15.9. The van der Waals surface area contributed by atoms with Crippen LogP contribution >= 0.6 is 0 Å². The maximum absolute atomic E-state index is 12.3. The lowest BCUT2D eigenvalue weighted by Gasteiger charge is -2.08. The first-order chi connectivity index (χ1) is 13.8. The number of hydrazone groups is 1. The first-order valence-electron chi connectivity index (χ1n) is 9.44. The molecule has 144 valence electrons. The van der Waals surface area contributed by atoms with Gasteiger partial charge in [-0.2, -0.15) is 10.2 Å². The van der Waals surface area contributed by atoms with E-state index < -0.39 is 0 Å². The second kappa shape index (κ2) is 10.1. The summed E-state index contributed by atoms with van der Waals surface area (Å²) < 4.78 is 5.81. The molecule has 3 rings (SSSR count). The third-order valence-corrected chi connectivity index (χ3v) is 4.19. The van der Waals surface area contributed by atoms with Crippen molar-refractivity contribution < 1.29 is 9.53 Å². The summed E-state index contributed by atoms with van der Waals surface area (Å²) in [6.07, 6.45) is 4.89. The van der Waals surface area contributed by atoms with Gasteiger partial charge in [0.25, 0.3) is 5.91 Å². The van der Waals surface area contributed by atoms with Gasteiger partial charge in [0.1, 0.15) is 11.4 Å². The van der Waals surface area contributed by atoms with Gasteiger partial charge in [-0.25, -0.2) is 5.43 Å². The summed E-state index contributed by atoms with van der Waals surface area (Å²) in [4.78, 5) is 12.3. The van der Waals surface area contributed by atoms with Crippen LogP contribution in [-0.4, -0.2) is 28.9 Å². The fraction of sp³-hybridized carbons (Fsp3) is 0.227. The maximum Gasteiger partial charge on any atom is 0.289 e. The summed E-state index contributed by atoms with van der Waals surface area (Å²) in [6, 6.07) is 19.0. The van der Waals surface area contributed by atoms with Gasteiger partial charge in [0, 0.05) is 11.1 Å². The number of rotatable bonds is 9. The predicted octanol–water partition coefficient (Wildman–Crippen LogP) is 4.41. The lowest BCUT2D eigenvalue weighted by Crippen LogP contribution is -2.18. The Bertz CT molecular complexity index is 919. The highest BCUT2D eigenvalue weighted by atomic mass is 16.5. The van der Waals surface area contributed by atoms with E-state index in [9.17, 15) is 4.79 Å². The van der Waals surface area contributed by atoms with Crippen LogP contribution in [0, 0.1) is 0 Å². The van der Waals surface area contributed by atoms with Gasteiger partial charge < -0.3 is 4.74 Å². The number of unbranched alkanes of at least 4 members (excludes halogenated alkanes) is 2. The molecule has 6 nitrogen and oxygen atoms in total. The van der Waals surface area contributed by atoms with Crippen LogP contribution in [0.2, 0.25) is 0 Å². The third kappa shape index (κ3) is 5.30. The van der Waals surface area contributed by atoms with E-state index in [0.717, 1.165) is 36.1 Å². The lowest BCUT2D eigenvalue weighted by molar-refractivity contribution is 0.0950. The number of amides is 1. The molecular formula is C22H24N4O2. The molecular weight excluding hydrogens is 352 g/mol. The zero-order chi connectivity index (χ0) is 19.6. The number of hydrogen-bond acceptors (Lipinski definition) is 4. The standard InChI is InChI=1S/C22H24N4O2/c1-2-3-9-14-28-21-13-8-7-12-18(21)16-23-26-22(27)20-15-19(24-25-20)17-10-5-4-6-11-17/h4-8,10-13,15-16H,2-3,9,14H2,1H3,(H,24,25)(H,26,27). The number of nitrogens with zero attached hydrogens (tertiary/aromatic N) is 2. The number of hydrogen-bond donors (Lipinski definition) is 2. The van der Waals surface area contributed by atoms with Crippen molar-refractivity contribution in [2.24, 2.45) is 5.10 Å². The van der Waals surface area contributed by atoms with Gasteiger partial charge in [0.05, 0.1) is 18.5 Å². The summed E-state index contributed by atoms with van der Waals surface area (Å²) in [5.74, 6) is 0.400. The average molecular weight is 376 g/mol. The number of aromatic nitrogens is 2. The molecule has 0 atom stereocenters. The first-order valence-corrected chi connectivity index (χ1v) is 9.44. The second-order valence-electron chi connectivity index (χ2n) is 6.33. The second-order valence-corrected chi connectivity index (χ2v) is 6.33. The first kappa shape index (κ1) is 19.4. The number of benzene rings is 2. The van der Waals surface area contributed by atoms with Gasteiger partial charge in [0.2, 0.25) is 0 Å². The molecule has 0 saturated carbocycles. The molecule has 2 N–H and O–H groups in total. The van der Waals surface area contributed by atoms with Gasteiger partial charge in [-0.05, 0) is 24.6 Å². The van der Waals surface area contributed by atoms with Crippen molar-refractivity contribution in [1.82, 2.24) is 15.6 Å². The van der Waals surface area contributed by atoms with Crippen molar-refractivity contribution in [3.05, 3.63) is 71.9 Å². The zero-order valence-electron chi connectivity index (χ0n) is 15.9. The Morgan fingerprint density at radius 2 is 1.93 bits per heavy atom. The molecule has 3 aromatic rings. The number of ether oxygens (including phenoxy) is 1. The summed E-state index contributed by atoms with van der Waals surface area (Å²) in [7, 11) is 0. The van der Waals surface area contributed by atoms with Gasteiger partial charge in [-0.1, -0.05) is 62.2 Å².